The fourth-order valence-corrected chi connectivity index (χ4v) is 9.46. The van der Waals surface area contributed by atoms with Crippen LogP contribution in [0, 0.1) is 13.8 Å². The number of fused-ring (bicyclic) bond motifs is 3. The average Bonchev–Trinajstić information content (AvgIpc) is 3.82. The van der Waals surface area contributed by atoms with E-state index in [0.717, 1.165) is 79.1 Å². The summed E-state index contributed by atoms with van der Waals surface area (Å²) in [6, 6.07) is 11.4. The third-order valence-electron chi connectivity index (χ3n) is 11.2. The van der Waals surface area contributed by atoms with Crippen molar-refractivity contribution in [3.63, 3.8) is 0 Å². The van der Waals surface area contributed by atoms with Gasteiger partial charge in [-0.1, -0.05) is 17.2 Å². The summed E-state index contributed by atoms with van der Waals surface area (Å²) in [4.78, 5) is 54.5. The molecule has 3 fully saturated rings. The molecular formula is C37H48N6O3S. The van der Waals surface area contributed by atoms with Crippen molar-refractivity contribution in [2.24, 2.45) is 7.05 Å². The van der Waals surface area contributed by atoms with Crippen molar-refractivity contribution in [2.45, 2.75) is 90.3 Å². The first kappa shape index (κ1) is 32.1. The largest absolute Gasteiger partial charge is 0.346 e. The Hall–Kier alpha value is -3.47. The van der Waals surface area contributed by atoms with Gasteiger partial charge in [0.25, 0.3) is 5.56 Å². The van der Waals surface area contributed by atoms with Crippen LogP contribution >= 0.6 is 11.3 Å². The van der Waals surface area contributed by atoms with Crippen LogP contribution in [0.1, 0.15) is 79.8 Å². The molecule has 0 radical (unpaired) electrons. The Morgan fingerprint density at radius 2 is 1.57 bits per heavy atom. The van der Waals surface area contributed by atoms with E-state index in [1.807, 2.05) is 0 Å². The summed E-state index contributed by atoms with van der Waals surface area (Å²) in [5, 5.41) is 1.24. The van der Waals surface area contributed by atoms with Gasteiger partial charge in [-0.05, 0) is 96.0 Å². The molecule has 0 saturated carbocycles. The minimum atomic E-state index is -0.562. The van der Waals surface area contributed by atoms with Gasteiger partial charge < -0.3 is 19.8 Å². The zero-order valence-electron chi connectivity index (χ0n) is 28.6. The number of nitrogens with zero attached hydrogens (tertiary/aromatic N) is 4. The quantitative estimate of drug-likeness (QED) is 0.270. The summed E-state index contributed by atoms with van der Waals surface area (Å²) in [6.45, 7) is 15.1. The number of amides is 1. The highest BCUT2D eigenvalue weighted by Gasteiger charge is 2.47. The van der Waals surface area contributed by atoms with E-state index in [1.54, 1.807) is 17.4 Å². The Bertz CT molecular complexity index is 1870. The van der Waals surface area contributed by atoms with Crippen LogP contribution in [0.2, 0.25) is 0 Å². The van der Waals surface area contributed by atoms with E-state index in [9.17, 15) is 14.4 Å². The summed E-state index contributed by atoms with van der Waals surface area (Å²) >= 11 is 1.75. The summed E-state index contributed by atoms with van der Waals surface area (Å²) in [6.07, 6.45) is 5.51. The van der Waals surface area contributed by atoms with E-state index < -0.39 is 5.41 Å². The Labute approximate surface area is 280 Å². The lowest BCUT2D eigenvalue weighted by Gasteiger charge is -2.38. The van der Waals surface area contributed by atoms with Crippen LogP contribution in [0.25, 0.3) is 21.5 Å². The molecule has 47 heavy (non-hydrogen) atoms. The molecular weight excluding hydrogens is 609 g/mol. The van der Waals surface area contributed by atoms with Gasteiger partial charge in [0, 0.05) is 79.9 Å². The number of aryl methyl sites for hydroxylation is 2. The molecule has 3 aromatic heterocycles. The van der Waals surface area contributed by atoms with E-state index in [1.165, 1.54) is 40.4 Å². The lowest BCUT2D eigenvalue weighted by atomic mass is 9.88. The third kappa shape index (κ3) is 5.82. The van der Waals surface area contributed by atoms with Gasteiger partial charge in [0.2, 0.25) is 5.91 Å². The predicted octanol–water partition coefficient (Wildman–Crippen LogP) is 5.25. The Balaban J connectivity index is 1.12. The second-order valence-electron chi connectivity index (χ2n) is 14.7. The monoisotopic (exact) mass is 656 g/mol. The minimum absolute atomic E-state index is 0.0368. The van der Waals surface area contributed by atoms with Crippen molar-refractivity contribution in [3.05, 3.63) is 78.4 Å². The van der Waals surface area contributed by atoms with E-state index in [2.05, 4.69) is 83.6 Å². The fraction of sp³-hybridized carbons (Fsp3) is 0.541. The number of aromatic nitrogens is 3. The van der Waals surface area contributed by atoms with Gasteiger partial charge in [0.15, 0.2) is 0 Å². The van der Waals surface area contributed by atoms with Crippen LogP contribution in [0.4, 0.5) is 0 Å². The van der Waals surface area contributed by atoms with Gasteiger partial charge in [-0.15, -0.1) is 11.3 Å². The Morgan fingerprint density at radius 1 is 0.936 bits per heavy atom. The van der Waals surface area contributed by atoms with Crippen LogP contribution in [0.15, 0.2) is 39.9 Å². The molecule has 4 aromatic rings. The maximum atomic E-state index is 14.0. The SMILES string of the molecule is Cc1cc(C)cc(-c2[nH]c3sc(C(C)(C)C(=O)N4C5CCC4CC5)cc3c2CCN2CCN(C(C)c3cc(=O)n(C)c(=O)[nH]3)CC2)c1. The molecule has 1 unspecified atom stereocenters. The van der Waals surface area contributed by atoms with Crippen molar-refractivity contribution in [2.75, 3.05) is 32.7 Å². The molecule has 10 heteroatoms. The molecule has 3 aliphatic rings. The molecule has 0 aliphatic carbocycles. The number of benzene rings is 1. The smallest absolute Gasteiger partial charge is 0.328 e. The van der Waals surface area contributed by atoms with Crippen molar-refractivity contribution in [1.82, 2.24) is 29.2 Å². The van der Waals surface area contributed by atoms with Gasteiger partial charge in [-0.2, -0.15) is 0 Å². The maximum Gasteiger partial charge on any atom is 0.328 e. The Kier molecular flexibility index (Phi) is 8.33. The van der Waals surface area contributed by atoms with Gasteiger partial charge >= 0.3 is 5.69 Å². The third-order valence-corrected chi connectivity index (χ3v) is 12.6. The summed E-state index contributed by atoms with van der Waals surface area (Å²) in [5.41, 5.74) is 5.69. The Morgan fingerprint density at radius 3 is 2.19 bits per heavy atom. The maximum absolute atomic E-state index is 14.0. The van der Waals surface area contributed by atoms with Gasteiger partial charge in [-0.3, -0.25) is 19.1 Å². The van der Waals surface area contributed by atoms with E-state index in [4.69, 9.17) is 0 Å². The number of carbonyl (C=O) groups is 1. The average molecular weight is 657 g/mol. The molecule has 9 nitrogen and oxygen atoms in total. The van der Waals surface area contributed by atoms with Crippen molar-refractivity contribution < 1.29 is 4.79 Å². The van der Waals surface area contributed by atoms with Crippen LogP contribution < -0.4 is 11.2 Å². The second kappa shape index (κ2) is 12.2. The molecule has 2 bridgehead atoms. The highest BCUT2D eigenvalue weighted by atomic mass is 32.1. The summed E-state index contributed by atoms with van der Waals surface area (Å²) in [5.74, 6) is 0.287. The van der Waals surface area contributed by atoms with Crippen LogP contribution in [-0.4, -0.2) is 79.9 Å². The number of nitrogens with one attached hydrogen (secondary N) is 2. The molecule has 3 saturated heterocycles. The lowest BCUT2D eigenvalue weighted by molar-refractivity contribution is -0.137. The zero-order valence-corrected chi connectivity index (χ0v) is 29.4. The predicted molar refractivity (Wildman–Crippen MR) is 189 cm³/mol. The van der Waals surface area contributed by atoms with E-state index >= 15 is 0 Å². The molecule has 1 amide bonds. The van der Waals surface area contributed by atoms with Crippen LogP contribution in [-0.2, 0) is 23.7 Å². The fourth-order valence-electron chi connectivity index (χ4n) is 8.28. The molecule has 7 rings (SSSR count). The van der Waals surface area contributed by atoms with Gasteiger partial charge in [-0.25, -0.2) is 4.79 Å². The second-order valence-corrected chi connectivity index (χ2v) is 15.8. The van der Waals surface area contributed by atoms with Crippen molar-refractivity contribution >= 4 is 27.5 Å². The first-order valence-corrected chi connectivity index (χ1v) is 18.1. The number of H-pyrrole nitrogens is 2. The number of piperazine rings is 1. The molecule has 6 heterocycles. The minimum Gasteiger partial charge on any atom is -0.346 e. The van der Waals surface area contributed by atoms with Gasteiger partial charge in [0.05, 0.1) is 11.1 Å². The molecule has 3 aliphatic heterocycles. The highest BCUT2D eigenvalue weighted by molar-refractivity contribution is 7.19. The van der Waals surface area contributed by atoms with E-state index in [0.29, 0.717) is 17.8 Å². The molecule has 1 atom stereocenters. The van der Waals surface area contributed by atoms with Crippen LogP contribution in [0.5, 0.6) is 0 Å². The topological polar surface area (TPSA) is 97.4 Å². The number of rotatable bonds is 8. The van der Waals surface area contributed by atoms with Crippen LogP contribution in [0.3, 0.4) is 0 Å². The molecule has 250 valence electrons. The standard InChI is InChI=1S/C37H48N6O3S/c1-22-17-23(2)19-25(18-22)33-28(11-12-41-13-15-42(16-14-41)24(3)30-21-32(44)40(6)36(46)38-30)29-20-31(47-34(29)39-33)37(4,5)35(45)43-26-7-8-27(43)10-9-26/h17-21,24,26-27,39H,7-16H2,1-6H3,(H,38,46). The van der Waals surface area contributed by atoms with E-state index in [-0.39, 0.29) is 23.2 Å². The number of hydrogen-bond donors (Lipinski definition) is 2. The van der Waals surface area contributed by atoms with Crippen molar-refractivity contribution in [1.29, 1.82) is 0 Å². The first-order chi connectivity index (χ1) is 22.4. The molecule has 1 aromatic carbocycles. The number of aromatic amines is 2. The highest BCUT2D eigenvalue weighted by Crippen LogP contribution is 2.44. The first-order valence-electron chi connectivity index (χ1n) is 17.2. The zero-order chi connectivity index (χ0) is 33.2. The summed E-state index contributed by atoms with van der Waals surface area (Å²) < 4.78 is 1.10. The lowest BCUT2D eigenvalue weighted by Crippen LogP contribution is -2.48. The van der Waals surface area contributed by atoms with Gasteiger partial charge in [0.1, 0.15) is 4.83 Å². The number of thiophene rings is 1. The number of carbonyl (C=O) groups excluding carboxylic acids is 1. The molecule has 0 spiro atoms. The summed E-state index contributed by atoms with van der Waals surface area (Å²) in [7, 11) is 1.49. The number of hydrogen-bond acceptors (Lipinski definition) is 6. The van der Waals surface area contributed by atoms with Crippen molar-refractivity contribution in [3.8, 4) is 11.3 Å². The normalized spacial score (nSPS) is 21.3. The molecule has 2 N–H and O–H groups in total.